The molecule has 1 aliphatic rings. The summed E-state index contributed by atoms with van der Waals surface area (Å²) >= 11 is 0. The zero-order valence-electron chi connectivity index (χ0n) is 21.3. The van der Waals surface area contributed by atoms with Crippen LogP contribution < -0.4 is 4.90 Å². The average Bonchev–Trinajstić information content (AvgIpc) is 2.83. The first-order chi connectivity index (χ1) is 16.5. The van der Waals surface area contributed by atoms with E-state index in [1.165, 1.54) is 20.2 Å². The fourth-order valence-corrected chi connectivity index (χ4v) is 4.02. The van der Waals surface area contributed by atoms with Crippen molar-refractivity contribution in [2.75, 3.05) is 12.0 Å². The number of aliphatic imine (C=N–C) groups is 1. The molecule has 186 valence electrons. The molecule has 0 aromatic heterocycles. The highest BCUT2D eigenvalue weighted by atomic mass is 16.6. The Morgan fingerprint density at radius 1 is 1.09 bits per heavy atom. The van der Waals surface area contributed by atoms with Gasteiger partial charge in [0.05, 0.1) is 12.7 Å². The lowest BCUT2D eigenvalue weighted by Gasteiger charge is -2.38. The van der Waals surface area contributed by atoms with Gasteiger partial charge in [0.25, 0.3) is 5.91 Å². The van der Waals surface area contributed by atoms with E-state index in [-0.39, 0.29) is 5.91 Å². The van der Waals surface area contributed by atoms with Gasteiger partial charge in [0.2, 0.25) is 0 Å². The monoisotopic (exact) mass is 478 g/mol. The minimum absolute atomic E-state index is 0.373. The van der Waals surface area contributed by atoms with Gasteiger partial charge in [-0.15, -0.1) is 0 Å². The summed E-state index contributed by atoms with van der Waals surface area (Å²) in [4.78, 5) is 44.9. The van der Waals surface area contributed by atoms with E-state index in [1.807, 2.05) is 57.2 Å². The third kappa shape index (κ3) is 5.61. The van der Waals surface area contributed by atoms with Crippen molar-refractivity contribution in [1.82, 2.24) is 0 Å². The molecule has 0 radical (unpaired) electrons. The second-order valence-electron chi connectivity index (χ2n) is 9.86. The van der Waals surface area contributed by atoms with Crippen LogP contribution in [-0.4, -0.2) is 42.9 Å². The molecular formula is C28H34N2O5. The van der Waals surface area contributed by atoms with Crippen molar-refractivity contribution in [1.29, 1.82) is 0 Å². The molecule has 7 nitrogen and oxygen atoms in total. The van der Waals surface area contributed by atoms with Crippen LogP contribution in [0.15, 0.2) is 53.5 Å². The van der Waals surface area contributed by atoms with Crippen molar-refractivity contribution in [3.63, 3.8) is 0 Å². The molecule has 1 heterocycles. The summed E-state index contributed by atoms with van der Waals surface area (Å²) < 4.78 is 10.5. The molecule has 0 fully saturated rings. The van der Waals surface area contributed by atoms with Crippen molar-refractivity contribution in [2.45, 2.75) is 65.6 Å². The van der Waals surface area contributed by atoms with Gasteiger partial charge in [-0.25, -0.2) is 4.79 Å². The summed E-state index contributed by atoms with van der Waals surface area (Å²) in [6, 6.07) is 14.6. The first-order valence-corrected chi connectivity index (χ1v) is 11.9. The van der Waals surface area contributed by atoms with Gasteiger partial charge in [-0.1, -0.05) is 43.7 Å². The fourth-order valence-electron chi connectivity index (χ4n) is 4.02. The van der Waals surface area contributed by atoms with Crippen molar-refractivity contribution in [2.24, 2.45) is 10.4 Å². The zero-order chi connectivity index (χ0) is 25.8. The maximum Gasteiger partial charge on any atom is 0.339 e. The molecule has 1 aliphatic heterocycles. The summed E-state index contributed by atoms with van der Waals surface area (Å²) in [7, 11) is 1.26. The topological polar surface area (TPSA) is 85.3 Å². The highest BCUT2D eigenvalue weighted by Gasteiger charge is 2.48. The van der Waals surface area contributed by atoms with E-state index in [0.29, 0.717) is 17.7 Å². The molecule has 2 aromatic carbocycles. The molecule has 0 aliphatic carbocycles. The lowest BCUT2D eigenvalue weighted by molar-refractivity contribution is -0.152. The van der Waals surface area contributed by atoms with E-state index in [1.54, 1.807) is 17.0 Å². The van der Waals surface area contributed by atoms with E-state index in [9.17, 15) is 14.4 Å². The third-order valence-corrected chi connectivity index (χ3v) is 5.89. The Labute approximate surface area is 207 Å². The van der Waals surface area contributed by atoms with Gasteiger partial charge >= 0.3 is 11.9 Å². The number of nitrogens with zero attached hydrogens (tertiary/aromatic N) is 2. The van der Waals surface area contributed by atoms with Crippen LogP contribution >= 0.6 is 0 Å². The predicted molar refractivity (Wildman–Crippen MR) is 136 cm³/mol. The molecule has 0 N–H and O–H groups in total. The number of carbonyl (C=O) groups excluding carboxylic acids is 3. The van der Waals surface area contributed by atoms with Gasteiger partial charge in [-0.3, -0.25) is 19.5 Å². The summed E-state index contributed by atoms with van der Waals surface area (Å²) in [6.07, 6.45) is 3.55. The summed E-state index contributed by atoms with van der Waals surface area (Å²) in [5, 5.41) is 0. The number of ether oxygens (including phenoxy) is 2. The maximum absolute atomic E-state index is 13.5. The minimum Gasteiger partial charge on any atom is -0.468 e. The third-order valence-electron chi connectivity index (χ3n) is 5.89. The van der Waals surface area contributed by atoms with Gasteiger partial charge < -0.3 is 9.47 Å². The van der Waals surface area contributed by atoms with E-state index < -0.39 is 29.1 Å². The van der Waals surface area contributed by atoms with E-state index in [4.69, 9.17) is 9.47 Å². The van der Waals surface area contributed by atoms with Gasteiger partial charge in [0.1, 0.15) is 11.8 Å². The Morgan fingerprint density at radius 3 is 2.34 bits per heavy atom. The lowest BCUT2D eigenvalue weighted by Crippen LogP contribution is -2.55. The number of benzene rings is 2. The van der Waals surface area contributed by atoms with Crippen LogP contribution in [0.5, 0.6) is 0 Å². The van der Waals surface area contributed by atoms with Crippen LogP contribution in [0.1, 0.15) is 64.2 Å². The van der Waals surface area contributed by atoms with Crippen LogP contribution in [0.4, 0.5) is 5.69 Å². The number of methoxy groups -OCH3 is 1. The molecule has 0 spiro atoms. The normalized spacial score (nSPS) is 20.0. The van der Waals surface area contributed by atoms with Crippen molar-refractivity contribution >= 4 is 29.7 Å². The van der Waals surface area contributed by atoms with E-state index >= 15 is 0 Å². The molecule has 0 bridgehead atoms. The number of anilines is 1. The average molecular weight is 479 g/mol. The summed E-state index contributed by atoms with van der Waals surface area (Å²) in [5.74, 6) is -1.42. The highest BCUT2D eigenvalue weighted by Crippen LogP contribution is 2.34. The highest BCUT2D eigenvalue weighted by molar-refractivity contribution is 6.22. The van der Waals surface area contributed by atoms with Crippen molar-refractivity contribution in [3.05, 3.63) is 54.1 Å². The van der Waals surface area contributed by atoms with E-state index in [0.717, 1.165) is 24.0 Å². The first kappa shape index (κ1) is 26.1. The molecule has 2 atom stereocenters. The first-order valence-electron chi connectivity index (χ1n) is 11.9. The lowest BCUT2D eigenvalue weighted by atomic mass is 9.87. The molecule has 0 saturated carbocycles. The fraction of sp³-hybridized carbons (Fsp3) is 0.429. The van der Waals surface area contributed by atoms with Gasteiger partial charge in [0.15, 0.2) is 5.41 Å². The summed E-state index contributed by atoms with van der Waals surface area (Å²) in [5.41, 5.74) is 0.541. The molecule has 35 heavy (non-hydrogen) atoms. The molecule has 2 unspecified atom stereocenters. The molecule has 2 aromatic rings. The van der Waals surface area contributed by atoms with Gasteiger partial charge in [0, 0.05) is 11.9 Å². The molecule has 0 saturated heterocycles. The van der Waals surface area contributed by atoms with Crippen molar-refractivity contribution < 1.29 is 23.9 Å². The van der Waals surface area contributed by atoms with Crippen LogP contribution in [0, 0.1) is 5.41 Å². The van der Waals surface area contributed by atoms with Crippen LogP contribution in [0.3, 0.4) is 0 Å². The second kappa shape index (κ2) is 10.4. The standard InChI is InChI=1S/C28H34N2O5/c1-7-8-13-23-29-18-28(5,26(33)34-6)25(32)30(23)20-16-14-19(15-17-20)21-11-9-10-12-22(21)24(31)35-27(2,3)4/h9-12,14-18,23H,7-8,13H2,1-6H3. The Bertz CT molecular complexity index is 1120. The second-order valence-corrected chi connectivity index (χ2v) is 9.86. The number of amides is 1. The smallest absolute Gasteiger partial charge is 0.339 e. The van der Waals surface area contributed by atoms with Crippen LogP contribution in [0.2, 0.25) is 0 Å². The Hall–Kier alpha value is -3.48. The number of hydrogen-bond acceptors (Lipinski definition) is 6. The Morgan fingerprint density at radius 2 is 1.74 bits per heavy atom. The minimum atomic E-state index is -1.49. The van der Waals surface area contributed by atoms with E-state index in [2.05, 4.69) is 11.9 Å². The molecule has 3 rings (SSSR count). The SMILES string of the molecule is CCCCC1N=CC(C)(C(=O)OC)C(=O)N1c1ccc(-c2ccccc2C(=O)OC(C)(C)C)cc1. The van der Waals surface area contributed by atoms with Crippen LogP contribution in [-0.2, 0) is 19.1 Å². The number of rotatable bonds is 7. The van der Waals surface area contributed by atoms with Gasteiger partial charge in [-0.2, -0.15) is 0 Å². The maximum atomic E-state index is 13.5. The Balaban J connectivity index is 1.98. The number of hydrogen-bond donors (Lipinski definition) is 0. The van der Waals surface area contributed by atoms with Crippen LogP contribution in [0.25, 0.3) is 11.1 Å². The molecule has 7 heteroatoms. The molecular weight excluding hydrogens is 444 g/mol. The zero-order valence-corrected chi connectivity index (χ0v) is 21.3. The largest absolute Gasteiger partial charge is 0.468 e. The number of esters is 2. The van der Waals surface area contributed by atoms with Crippen molar-refractivity contribution in [3.8, 4) is 11.1 Å². The quantitative estimate of drug-likeness (QED) is 0.392. The number of unbranched alkanes of at least 4 members (excludes halogenated alkanes) is 1. The summed E-state index contributed by atoms with van der Waals surface area (Å²) in [6.45, 7) is 9.10. The predicted octanol–water partition coefficient (Wildman–Crippen LogP) is 5.42. The Kier molecular flexibility index (Phi) is 7.78. The number of carbonyl (C=O) groups is 3. The van der Waals surface area contributed by atoms with Gasteiger partial charge in [-0.05, 0) is 69.9 Å². The molecule has 1 amide bonds.